The van der Waals surface area contributed by atoms with Crippen molar-refractivity contribution < 1.29 is 18.3 Å². The fourth-order valence-electron chi connectivity index (χ4n) is 2.21. The Morgan fingerprint density at radius 2 is 1.75 bits per heavy atom. The molecule has 130 valence electrons. The average Bonchev–Trinajstić information content (AvgIpc) is 2.60. The summed E-state index contributed by atoms with van der Waals surface area (Å²) >= 11 is 0. The van der Waals surface area contributed by atoms with E-state index in [1.165, 1.54) is 19.2 Å². The van der Waals surface area contributed by atoms with Crippen LogP contribution in [0.3, 0.4) is 0 Å². The van der Waals surface area contributed by atoms with Gasteiger partial charge in [-0.05, 0) is 36.2 Å². The molecule has 0 heterocycles. The van der Waals surface area contributed by atoms with E-state index in [0.717, 1.165) is 5.56 Å². The molecule has 6 nitrogen and oxygen atoms in total. The molecule has 2 rings (SSSR count). The molecule has 2 aromatic rings. The van der Waals surface area contributed by atoms with Crippen molar-refractivity contribution in [1.29, 1.82) is 0 Å². The number of nitrogens with two attached hydrogens (primary N) is 1. The van der Waals surface area contributed by atoms with Crippen LogP contribution < -0.4 is 15.2 Å². The Kier molecular flexibility index (Phi) is 6.33. The third-order valence-electron chi connectivity index (χ3n) is 3.66. The molecule has 24 heavy (non-hydrogen) atoms. The number of methoxy groups -OCH3 is 1. The Morgan fingerprint density at radius 1 is 1.12 bits per heavy atom. The van der Waals surface area contributed by atoms with E-state index in [2.05, 4.69) is 4.72 Å². The number of hydrogen-bond donors (Lipinski definition) is 3. The van der Waals surface area contributed by atoms with Crippen LogP contribution in [0.25, 0.3) is 0 Å². The third kappa shape index (κ3) is 5.04. The Bertz CT molecular complexity index is 733. The summed E-state index contributed by atoms with van der Waals surface area (Å²) in [6.45, 7) is -0.150. The lowest BCUT2D eigenvalue weighted by Gasteiger charge is -2.19. The molecule has 2 atom stereocenters. The SMILES string of the molecule is COc1ccc(S(=O)(=O)NC[C@@H](O)[C@@H](N)Cc2ccccc2)cc1. The Hall–Kier alpha value is -1.93. The van der Waals surface area contributed by atoms with Crippen LogP contribution in [0, 0.1) is 0 Å². The summed E-state index contributed by atoms with van der Waals surface area (Å²) < 4.78 is 31.8. The fraction of sp³-hybridized carbons (Fsp3) is 0.294. The molecule has 0 bridgehead atoms. The van der Waals surface area contributed by atoms with Gasteiger partial charge >= 0.3 is 0 Å². The molecular weight excluding hydrogens is 328 g/mol. The first-order valence-corrected chi connectivity index (χ1v) is 9.02. The van der Waals surface area contributed by atoms with E-state index in [0.29, 0.717) is 12.2 Å². The zero-order chi connectivity index (χ0) is 17.6. The number of aliphatic hydroxyl groups is 1. The Morgan fingerprint density at radius 3 is 2.33 bits per heavy atom. The summed E-state index contributed by atoms with van der Waals surface area (Å²) in [6.07, 6.45) is -0.523. The van der Waals surface area contributed by atoms with Gasteiger partial charge in [0.05, 0.1) is 18.1 Å². The topological polar surface area (TPSA) is 102 Å². The van der Waals surface area contributed by atoms with E-state index in [1.54, 1.807) is 12.1 Å². The van der Waals surface area contributed by atoms with Crippen molar-refractivity contribution in [2.75, 3.05) is 13.7 Å². The second-order valence-corrected chi connectivity index (χ2v) is 7.22. The maximum Gasteiger partial charge on any atom is 0.240 e. The van der Waals surface area contributed by atoms with E-state index in [9.17, 15) is 13.5 Å². The number of rotatable bonds is 8. The van der Waals surface area contributed by atoms with Gasteiger partial charge in [-0.15, -0.1) is 0 Å². The maximum absolute atomic E-state index is 12.2. The van der Waals surface area contributed by atoms with Crippen LogP contribution in [0.5, 0.6) is 5.75 Å². The molecule has 0 saturated heterocycles. The van der Waals surface area contributed by atoms with Crippen LogP contribution in [-0.2, 0) is 16.4 Å². The number of nitrogens with one attached hydrogen (secondary N) is 1. The second-order valence-electron chi connectivity index (χ2n) is 5.45. The minimum Gasteiger partial charge on any atom is -0.497 e. The van der Waals surface area contributed by atoms with E-state index in [1.807, 2.05) is 30.3 Å². The number of ether oxygens (including phenoxy) is 1. The van der Waals surface area contributed by atoms with Gasteiger partial charge in [0.1, 0.15) is 5.75 Å². The van der Waals surface area contributed by atoms with Crippen molar-refractivity contribution >= 4 is 10.0 Å². The molecule has 0 saturated carbocycles. The van der Waals surface area contributed by atoms with Crippen molar-refractivity contribution in [2.45, 2.75) is 23.5 Å². The average molecular weight is 350 g/mol. The number of hydrogen-bond acceptors (Lipinski definition) is 5. The summed E-state index contributed by atoms with van der Waals surface area (Å²) in [5, 5.41) is 10.1. The largest absolute Gasteiger partial charge is 0.497 e. The molecular formula is C17H22N2O4S. The zero-order valence-corrected chi connectivity index (χ0v) is 14.2. The minimum absolute atomic E-state index is 0.104. The fourth-order valence-corrected chi connectivity index (χ4v) is 3.26. The lowest BCUT2D eigenvalue weighted by Crippen LogP contribution is -2.44. The molecule has 0 aliphatic rings. The lowest BCUT2D eigenvalue weighted by atomic mass is 10.0. The highest BCUT2D eigenvalue weighted by atomic mass is 32.2. The van der Waals surface area contributed by atoms with E-state index in [4.69, 9.17) is 10.5 Å². The van der Waals surface area contributed by atoms with E-state index >= 15 is 0 Å². The second kappa shape index (κ2) is 8.25. The van der Waals surface area contributed by atoms with Crippen LogP contribution >= 0.6 is 0 Å². The van der Waals surface area contributed by atoms with Crippen molar-refractivity contribution in [2.24, 2.45) is 5.73 Å². The van der Waals surface area contributed by atoms with Gasteiger partial charge in [-0.25, -0.2) is 13.1 Å². The van der Waals surface area contributed by atoms with Gasteiger partial charge in [0.2, 0.25) is 10.0 Å². The molecule has 0 aliphatic carbocycles. The molecule has 0 aromatic heterocycles. The normalized spacial score (nSPS) is 14.1. The minimum atomic E-state index is -3.71. The quantitative estimate of drug-likeness (QED) is 0.657. The molecule has 0 unspecified atom stereocenters. The van der Waals surface area contributed by atoms with Crippen molar-refractivity contribution in [1.82, 2.24) is 4.72 Å². The summed E-state index contributed by atoms with van der Waals surface area (Å²) in [6, 6.07) is 14.9. The van der Waals surface area contributed by atoms with Crippen LogP contribution in [0.4, 0.5) is 0 Å². The zero-order valence-electron chi connectivity index (χ0n) is 13.4. The highest BCUT2D eigenvalue weighted by Gasteiger charge is 2.20. The Labute approximate surface area is 142 Å². The van der Waals surface area contributed by atoms with Crippen molar-refractivity contribution in [3.63, 3.8) is 0 Å². The highest BCUT2D eigenvalue weighted by molar-refractivity contribution is 7.89. The first-order valence-electron chi connectivity index (χ1n) is 7.53. The van der Waals surface area contributed by atoms with Crippen LogP contribution in [0.2, 0.25) is 0 Å². The highest BCUT2D eigenvalue weighted by Crippen LogP contribution is 2.15. The van der Waals surface area contributed by atoms with Gasteiger partial charge in [0, 0.05) is 12.6 Å². The number of benzene rings is 2. The van der Waals surface area contributed by atoms with Gasteiger partial charge in [0.25, 0.3) is 0 Å². The van der Waals surface area contributed by atoms with Gasteiger partial charge in [-0.3, -0.25) is 0 Å². The summed E-state index contributed by atoms with van der Waals surface area (Å²) in [5.41, 5.74) is 6.94. The summed E-state index contributed by atoms with van der Waals surface area (Å²) in [7, 11) is -2.20. The molecule has 0 spiro atoms. The molecule has 0 aliphatic heterocycles. The molecule has 7 heteroatoms. The summed E-state index contributed by atoms with van der Waals surface area (Å²) in [4.78, 5) is 0.104. The molecule has 0 radical (unpaired) electrons. The Balaban J connectivity index is 1.92. The smallest absolute Gasteiger partial charge is 0.240 e. The summed E-state index contributed by atoms with van der Waals surface area (Å²) in [5.74, 6) is 0.568. The first kappa shape index (κ1) is 18.4. The van der Waals surface area contributed by atoms with Crippen LogP contribution in [0.1, 0.15) is 5.56 Å². The van der Waals surface area contributed by atoms with Gasteiger partial charge in [-0.1, -0.05) is 30.3 Å². The van der Waals surface area contributed by atoms with Crippen LogP contribution in [0.15, 0.2) is 59.5 Å². The molecule has 2 aromatic carbocycles. The lowest BCUT2D eigenvalue weighted by molar-refractivity contribution is 0.148. The molecule has 4 N–H and O–H groups in total. The third-order valence-corrected chi connectivity index (χ3v) is 5.10. The van der Waals surface area contributed by atoms with Crippen molar-refractivity contribution in [3.05, 3.63) is 60.2 Å². The van der Waals surface area contributed by atoms with Gasteiger partial charge < -0.3 is 15.6 Å². The van der Waals surface area contributed by atoms with E-state index < -0.39 is 22.2 Å². The van der Waals surface area contributed by atoms with Crippen LogP contribution in [-0.4, -0.2) is 39.3 Å². The molecule has 0 fully saturated rings. The standard InChI is InChI=1S/C17H22N2O4S/c1-23-14-7-9-15(10-8-14)24(21,22)19-12-17(20)16(18)11-13-5-3-2-4-6-13/h2-10,16-17,19-20H,11-12,18H2,1H3/t16-,17+/m0/s1. The first-order chi connectivity index (χ1) is 11.4. The monoisotopic (exact) mass is 350 g/mol. The van der Waals surface area contributed by atoms with Gasteiger partial charge in [-0.2, -0.15) is 0 Å². The van der Waals surface area contributed by atoms with Crippen molar-refractivity contribution in [3.8, 4) is 5.75 Å². The van der Waals surface area contributed by atoms with E-state index in [-0.39, 0.29) is 11.4 Å². The predicted octanol–water partition coefficient (Wildman–Crippen LogP) is 0.904. The predicted molar refractivity (Wildman–Crippen MR) is 92.3 cm³/mol. The number of aliphatic hydroxyl groups excluding tert-OH is 1. The van der Waals surface area contributed by atoms with Gasteiger partial charge in [0.15, 0.2) is 0 Å². The maximum atomic E-state index is 12.2. The molecule has 0 amide bonds. The number of sulfonamides is 1.